The van der Waals surface area contributed by atoms with Gasteiger partial charge in [0.15, 0.2) is 0 Å². The number of para-hydroxylation sites is 2. The Bertz CT molecular complexity index is 569. The number of hydrogen-bond acceptors (Lipinski definition) is 1. The molecular formula is C13H8Cl2F2N2O. The van der Waals surface area contributed by atoms with Crippen LogP contribution in [0.5, 0.6) is 0 Å². The van der Waals surface area contributed by atoms with E-state index in [1.54, 1.807) is 6.07 Å². The van der Waals surface area contributed by atoms with E-state index in [-0.39, 0.29) is 15.7 Å². The summed E-state index contributed by atoms with van der Waals surface area (Å²) in [5, 5.41) is 4.82. The summed E-state index contributed by atoms with van der Waals surface area (Å²) in [6.07, 6.45) is 0. The summed E-state index contributed by atoms with van der Waals surface area (Å²) in [6, 6.07) is 7.04. The third kappa shape index (κ3) is 3.18. The van der Waals surface area contributed by atoms with Crippen LogP contribution >= 0.6 is 23.2 Å². The van der Waals surface area contributed by atoms with Gasteiger partial charge >= 0.3 is 6.03 Å². The van der Waals surface area contributed by atoms with Crippen LogP contribution in [0.15, 0.2) is 36.4 Å². The highest BCUT2D eigenvalue weighted by Gasteiger charge is 2.14. The van der Waals surface area contributed by atoms with Crippen molar-refractivity contribution in [3.63, 3.8) is 0 Å². The summed E-state index contributed by atoms with van der Waals surface area (Å²) in [6.45, 7) is 0. The summed E-state index contributed by atoms with van der Waals surface area (Å²) in [4.78, 5) is 11.7. The van der Waals surface area contributed by atoms with E-state index in [1.165, 1.54) is 18.2 Å². The number of rotatable bonds is 2. The fourth-order valence-electron chi connectivity index (χ4n) is 1.49. The summed E-state index contributed by atoms with van der Waals surface area (Å²) in [7, 11) is 0. The molecule has 0 fully saturated rings. The zero-order valence-electron chi connectivity index (χ0n) is 9.88. The smallest absolute Gasteiger partial charge is 0.305 e. The van der Waals surface area contributed by atoms with E-state index in [0.717, 1.165) is 12.1 Å². The van der Waals surface area contributed by atoms with Crippen LogP contribution in [0.1, 0.15) is 0 Å². The van der Waals surface area contributed by atoms with Crippen LogP contribution in [-0.4, -0.2) is 6.03 Å². The maximum absolute atomic E-state index is 13.4. The number of hydrogen-bond donors (Lipinski definition) is 2. The lowest BCUT2D eigenvalue weighted by atomic mass is 10.3. The molecule has 2 aromatic rings. The molecule has 0 aromatic heterocycles. The van der Waals surface area contributed by atoms with Crippen LogP contribution in [-0.2, 0) is 0 Å². The molecule has 7 heteroatoms. The molecule has 0 aliphatic carbocycles. The molecule has 104 valence electrons. The van der Waals surface area contributed by atoms with Crippen molar-refractivity contribution in [3.05, 3.63) is 58.1 Å². The Labute approximate surface area is 123 Å². The topological polar surface area (TPSA) is 41.1 Å². The second kappa shape index (κ2) is 6.07. The summed E-state index contributed by atoms with van der Waals surface area (Å²) < 4.78 is 26.7. The maximum Gasteiger partial charge on any atom is 0.323 e. The fourth-order valence-corrected chi connectivity index (χ4v) is 1.98. The van der Waals surface area contributed by atoms with Crippen LogP contribution in [0.2, 0.25) is 10.0 Å². The average molecular weight is 317 g/mol. The number of carbonyl (C=O) groups excluding carboxylic acids is 1. The van der Waals surface area contributed by atoms with Crippen LogP contribution in [0.25, 0.3) is 0 Å². The number of anilines is 2. The Morgan fingerprint density at radius 2 is 1.30 bits per heavy atom. The molecule has 0 unspecified atom stereocenters. The number of benzene rings is 2. The molecule has 0 atom stereocenters. The molecule has 2 N–H and O–H groups in total. The Morgan fingerprint density at radius 1 is 0.850 bits per heavy atom. The quantitative estimate of drug-likeness (QED) is 0.811. The Balaban J connectivity index is 2.18. The Morgan fingerprint density at radius 3 is 1.85 bits per heavy atom. The van der Waals surface area contributed by atoms with Crippen molar-refractivity contribution in [1.29, 1.82) is 0 Å². The van der Waals surface area contributed by atoms with E-state index >= 15 is 0 Å². The minimum atomic E-state index is -0.884. The van der Waals surface area contributed by atoms with Gasteiger partial charge in [-0.15, -0.1) is 0 Å². The van der Waals surface area contributed by atoms with E-state index in [1.807, 2.05) is 0 Å². The monoisotopic (exact) mass is 316 g/mol. The first-order chi connectivity index (χ1) is 9.49. The average Bonchev–Trinajstić information content (AvgIpc) is 2.39. The lowest BCUT2D eigenvalue weighted by molar-refractivity contribution is 0.262. The van der Waals surface area contributed by atoms with Crippen molar-refractivity contribution >= 4 is 40.6 Å². The van der Waals surface area contributed by atoms with Gasteiger partial charge in [-0.05, 0) is 24.3 Å². The van der Waals surface area contributed by atoms with Gasteiger partial charge in [0.25, 0.3) is 0 Å². The molecule has 0 spiro atoms. The zero-order valence-corrected chi connectivity index (χ0v) is 11.4. The Hall–Kier alpha value is -1.85. The summed E-state index contributed by atoms with van der Waals surface area (Å²) >= 11 is 11.7. The van der Waals surface area contributed by atoms with Gasteiger partial charge in [0.2, 0.25) is 0 Å². The van der Waals surface area contributed by atoms with Crippen molar-refractivity contribution in [3.8, 4) is 0 Å². The highest BCUT2D eigenvalue weighted by molar-refractivity contribution is 6.39. The molecule has 0 aliphatic rings. The third-order valence-electron chi connectivity index (χ3n) is 2.40. The van der Waals surface area contributed by atoms with Crippen molar-refractivity contribution in [2.75, 3.05) is 10.6 Å². The molecular weight excluding hydrogens is 309 g/mol. The van der Waals surface area contributed by atoms with Gasteiger partial charge in [-0.3, -0.25) is 0 Å². The van der Waals surface area contributed by atoms with Crippen molar-refractivity contribution in [2.24, 2.45) is 0 Å². The van der Waals surface area contributed by atoms with Gasteiger partial charge in [-0.25, -0.2) is 13.6 Å². The van der Waals surface area contributed by atoms with Crippen LogP contribution < -0.4 is 10.6 Å². The highest BCUT2D eigenvalue weighted by Crippen LogP contribution is 2.30. The number of amides is 2. The molecule has 3 nitrogen and oxygen atoms in total. The maximum atomic E-state index is 13.4. The van der Waals surface area contributed by atoms with Crippen molar-refractivity contribution in [1.82, 2.24) is 0 Å². The minimum absolute atomic E-state index is 0.157. The predicted molar refractivity (Wildman–Crippen MR) is 75.5 cm³/mol. The SMILES string of the molecule is O=C(Nc1c(F)cccc1F)Nc1c(Cl)cccc1Cl. The first-order valence-electron chi connectivity index (χ1n) is 5.45. The van der Waals surface area contributed by atoms with E-state index < -0.39 is 23.4 Å². The van der Waals surface area contributed by atoms with E-state index in [4.69, 9.17) is 23.2 Å². The van der Waals surface area contributed by atoms with Crippen LogP contribution in [0, 0.1) is 11.6 Å². The fraction of sp³-hybridized carbons (Fsp3) is 0. The lowest BCUT2D eigenvalue weighted by Gasteiger charge is -2.11. The summed E-state index contributed by atoms with van der Waals surface area (Å²) in [5.74, 6) is -1.77. The van der Waals surface area contributed by atoms with Crippen LogP contribution in [0.4, 0.5) is 25.0 Å². The standard InChI is InChI=1S/C13H8Cl2F2N2O/c14-7-3-1-4-8(15)11(7)18-13(20)19-12-9(16)5-2-6-10(12)17/h1-6H,(H2,18,19,20). The molecule has 0 heterocycles. The minimum Gasteiger partial charge on any atom is -0.305 e. The molecule has 0 bridgehead atoms. The third-order valence-corrected chi connectivity index (χ3v) is 3.03. The van der Waals surface area contributed by atoms with Crippen molar-refractivity contribution in [2.45, 2.75) is 0 Å². The van der Waals surface area contributed by atoms with Crippen LogP contribution in [0.3, 0.4) is 0 Å². The molecule has 2 amide bonds. The number of halogens is 4. The second-order valence-corrected chi connectivity index (χ2v) is 4.59. The molecule has 0 saturated carbocycles. The zero-order chi connectivity index (χ0) is 14.7. The van der Waals surface area contributed by atoms with Gasteiger partial charge in [0, 0.05) is 0 Å². The van der Waals surface area contributed by atoms with E-state index in [0.29, 0.717) is 0 Å². The highest BCUT2D eigenvalue weighted by atomic mass is 35.5. The largest absolute Gasteiger partial charge is 0.323 e. The molecule has 20 heavy (non-hydrogen) atoms. The second-order valence-electron chi connectivity index (χ2n) is 3.77. The van der Waals surface area contributed by atoms with E-state index in [9.17, 15) is 13.6 Å². The van der Waals surface area contributed by atoms with Gasteiger partial charge in [-0.2, -0.15) is 0 Å². The normalized spacial score (nSPS) is 10.2. The predicted octanol–water partition coefficient (Wildman–Crippen LogP) is 4.92. The van der Waals surface area contributed by atoms with Gasteiger partial charge in [0.05, 0.1) is 15.7 Å². The molecule has 2 rings (SSSR count). The van der Waals surface area contributed by atoms with Gasteiger partial charge in [-0.1, -0.05) is 35.3 Å². The van der Waals surface area contributed by atoms with E-state index in [2.05, 4.69) is 10.6 Å². The molecule has 0 saturated heterocycles. The summed E-state index contributed by atoms with van der Waals surface area (Å²) in [5.41, 5.74) is -0.391. The Kier molecular flexibility index (Phi) is 4.42. The molecule has 2 aromatic carbocycles. The number of urea groups is 1. The first kappa shape index (κ1) is 14.6. The lowest BCUT2D eigenvalue weighted by Crippen LogP contribution is -2.21. The van der Waals surface area contributed by atoms with Gasteiger partial charge in [0.1, 0.15) is 17.3 Å². The number of carbonyl (C=O) groups is 1. The first-order valence-corrected chi connectivity index (χ1v) is 6.20. The van der Waals surface area contributed by atoms with Gasteiger partial charge < -0.3 is 10.6 Å². The number of nitrogens with one attached hydrogen (secondary N) is 2. The molecule has 0 aliphatic heterocycles. The molecule has 0 radical (unpaired) electrons. The van der Waals surface area contributed by atoms with Crippen molar-refractivity contribution < 1.29 is 13.6 Å².